The summed E-state index contributed by atoms with van der Waals surface area (Å²) in [5.74, 6) is 0.917. The van der Waals surface area contributed by atoms with E-state index in [2.05, 4.69) is 15.3 Å². The van der Waals surface area contributed by atoms with Crippen molar-refractivity contribution >= 4 is 22.6 Å². The molecule has 0 unspecified atom stereocenters. The first-order valence-corrected chi connectivity index (χ1v) is 7.99. The van der Waals surface area contributed by atoms with Gasteiger partial charge in [-0.05, 0) is 42.3 Å². The van der Waals surface area contributed by atoms with Gasteiger partial charge < -0.3 is 15.2 Å². The van der Waals surface area contributed by atoms with E-state index in [1.54, 1.807) is 0 Å². The molecule has 0 bridgehead atoms. The van der Waals surface area contributed by atoms with Crippen LogP contribution in [0.25, 0.3) is 11.0 Å². The summed E-state index contributed by atoms with van der Waals surface area (Å²) in [5, 5.41) is 2.97. The molecule has 1 heterocycles. The van der Waals surface area contributed by atoms with E-state index in [1.165, 1.54) is 0 Å². The summed E-state index contributed by atoms with van der Waals surface area (Å²) >= 11 is 0. The number of carbonyl (C=O) groups excluding carboxylic acids is 1. The van der Waals surface area contributed by atoms with E-state index in [4.69, 9.17) is 0 Å². The maximum Gasteiger partial charge on any atom is 0.224 e. The molecule has 0 spiro atoms. The maximum absolute atomic E-state index is 12.1. The predicted octanol–water partition coefficient (Wildman–Crippen LogP) is 2.80. The molecule has 5 heteroatoms. The van der Waals surface area contributed by atoms with Gasteiger partial charge in [0.2, 0.25) is 5.91 Å². The highest BCUT2D eigenvalue weighted by Crippen LogP contribution is 2.14. The molecular formula is C19H22N4O. The number of fused-ring (bicyclic) bond motifs is 1. The number of imidazole rings is 1. The molecule has 0 saturated heterocycles. The second kappa shape index (κ2) is 6.74. The Morgan fingerprint density at radius 1 is 1.12 bits per heavy atom. The van der Waals surface area contributed by atoms with Crippen LogP contribution in [0.1, 0.15) is 17.0 Å². The minimum Gasteiger partial charge on any atom is -0.378 e. The van der Waals surface area contributed by atoms with Crippen LogP contribution >= 0.6 is 0 Å². The average molecular weight is 322 g/mol. The Bertz CT molecular complexity index is 849. The number of nitrogens with zero attached hydrogens (tertiary/aromatic N) is 2. The lowest BCUT2D eigenvalue weighted by atomic mass is 10.1. The first kappa shape index (κ1) is 16.1. The van der Waals surface area contributed by atoms with Crippen molar-refractivity contribution in [3.8, 4) is 0 Å². The predicted molar refractivity (Wildman–Crippen MR) is 97.2 cm³/mol. The highest BCUT2D eigenvalue weighted by atomic mass is 16.1. The van der Waals surface area contributed by atoms with Crippen molar-refractivity contribution in [2.24, 2.45) is 0 Å². The van der Waals surface area contributed by atoms with Gasteiger partial charge in [0, 0.05) is 26.3 Å². The van der Waals surface area contributed by atoms with Gasteiger partial charge in [-0.2, -0.15) is 0 Å². The standard InChI is InChI=1S/C19H22N4O/c1-13-21-17-9-6-15(10-18(17)22-13)12-20-19(24)11-14-4-7-16(8-5-14)23(2)3/h4-10H,11-12H2,1-3H3,(H,20,24)(H,21,22). The molecule has 124 valence electrons. The molecular weight excluding hydrogens is 300 g/mol. The molecule has 2 N–H and O–H groups in total. The SMILES string of the molecule is Cc1nc2ccc(CNC(=O)Cc3ccc(N(C)C)cc3)cc2[nH]1. The quantitative estimate of drug-likeness (QED) is 0.759. The molecule has 1 aromatic heterocycles. The van der Waals surface area contributed by atoms with E-state index in [1.807, 2.05) is 68.4 Å². The van der Waals surface area contributed by atoms with Gasteiger partial charge in [0.15, 0.2) is 0 Å². The fourth-order valence-electron chi connectivity index (χ4n) is 2.65. The molecule has 1 amide bonds. The molecule has 2 aromatic carbocycles. The van der Waals surface area contributed by atoms with Crippen LogP contribution in [0, 0.1) is 6.92 Å². The molecule has 0 atom stereocenters. The van der Waals surface area contributed by atoms with E-state index in [9.17, 15) is 4.79 Å². The Hall–Kier alpha value is -2.82. The summed E-state index contributed by atoms with van der Waals surface area (Å²) in [7, 11) is 4.00. The van der Waals surface area contributed by atoms with E-state index in [0.29, 0.717) is 13.0 Å². The zero-order valence-electron chi connectivity index (χ0n) is 14.3. The van der Waals surface area contributed by atoms with Crippen molar-refractivity contribution in [3.63, 3.8) is 0 Å². The van der Waals surface area contributed by atoms with Gasteiger partial charge in [-0.3, -0.25) is 4.79 Å². The summed E-state index contributed by atoms with van der Waals surface area (Å²) in [6, 6.07) is 14.0. The van der Waals surface area contributed by atoms with Gasteiger partial charge in [-0.1, -0.05) is 18.2 Å². The largest absolute Gasteiger partial charge is 0.378 e. The van der Waals surface area contributed by atoms with Crippen molar-refractivity contribution < 1.29 is 4.79 Å². The maximum atomic E-state index is 12.1. The lowest BCUT2D eigenvalue weighted by molar-refractivity contribution is -0.120. The molecule has 3 rings (SSSR count). The number of carbonyl (C=O) groups is 1. The Kier molecular flexibility index (Phi) is 4.51. The highest BCUT2D eigenvalue weighted by Gasteiger charge is 2.05. The third-order valence-corrected chi connectivity index (χ3v) is 3.97. The lowest BCUT2D eigenvalue weighted by Gasteiger charge is -2.12. The number of aromatic nitrogens is 2. The Labute approximate surface area is 141 Å². The molecule has 0 fully saturated rings. The number of anilines is 1. The monoisotopic (exact) mass is 322 g/mol. The van der Waals surface area contributed by atoms with Gasteiger partial charge in [0.1, 0.15) is 5.82 Å². The number of hydrogen-bond donors (Lipinski definition) is 2. The van der Waals surface area contributed by atoms with E-state index < -0.39 is 0 Å². The van der Waals surface area contributed by atoms with Gasteiger partial charge in [0.05, 0.1) is 17.5 Å². The third-order valence-electron chi connectivity index (χ3n) is 3.97. The number of H-pyrrole nitrogens is 1. The Morgan fingerprint density at radius 3 is 2.54 bits per heavy atom. The Balaban J connectivity index is 1.57. The second-order valence-corrected chi connectivity index (χ2v) is 6.19. The summed E-state index contributed by atoms with van der Waals surface area (Å²) in [5.41, 5.74) is 5.14. The molecule has 0 radical (unpaired) electrons. The Morgan fingerprint density at radius 2 is 1.83 bits per heavy atom. The number of hydrogen-bond acceptors (Lipinski definition) is 3. The normalized spacial score (nSPS) is 10.8. The zero-order chi connectivity index (χ0) is 17.1. The van der Waals surface area contributed by atoms with Crippen LogP contribution in [0.2, 0.25) is 0 Å². The smallest absolute Gasteiger partial charge is 0.224 e. The molecule has 3 aromatic rings. The molecule has 0 saturated carbocycles. The van der Waals surface area contributed by atoms with Crippen molar-refractivity contribution in [3.05, 3.63) is 59.4 Å². The summed E-state index contributed by atoms with van der Waals surface area (Å²) in [6.45, 7) is 2.45. The van der Waals surface area contributed by atoms with Crippen LogP contribution in [-0.4, -0.2) is 30.0 Å². The summed E-state index contributed by atoms with van der Waals surface area (Å²) in [4.78, 5) is 21.8. The first-order chi connectivity index (χ1) is 11.5. The number of aryl methyl sites for hydroxylation is 1. The number of amides is 1. The molecule has 0 aliphatic carbocycles. The van der Waals surface area contributed by atoms with Gasteiger partial charge in [-0.15, -0.1) is 0 Å². The van der Waals surface area contributed by atoms with E-state index in [0.717, 1.165) is 33.7 Å². The van der Waals surface area contributed by atoms with Crippen LogP contribution < -0.4 is 10.2 Å². The molecule has 24 heavy (non-hydrogen) atoms. The summed E-state index contributed by atoms with van der Waals surface area (Å²) < 4.78 is 0. The van der Waals surface area contributed by atoms with Gasteiger partial charge >= 0.3 is 0 Å². The first-order valence-electron chi connectivity index (χ1n) is 7.99. The zero-order valence-corrected chi connectivity index (χ0v) is 14.3. The molecule has 0 aliphatic rings. The summed E-state index contributed by atoms with van der Waals surface area (Å²) in [6.07, 6.45) is 0.388. The van der Waals surface area contributed by atoms with Crippen molar-refractivity contribution in [1.82, 2.24) is 15.3 Å². The fraction of sp³-hybridized carbons (Fsp3) is 0.263. The topological polar surface area (TPSA) is 61.0 Å². The number of rotatable bonds is 5. The van der Waals surface area contributed by atoms with E-state index in [-0.39, 0.29) is 5.91 Å². The molecule has 5 nitrogen and oxygen atoms in total. The minimum absolute atomic E-state index is 0.0218. The number of nitrogens with one attached hydrogen (secondary N) is 2. The van der Waals surface area contributed by atoms with Crippen molar-refractivity contribution in [2.75, 3.05) is 19.0 Å². The lowest BCUT2D eigenvalue weighted by Crippen LogP contribution is -2.24. The number of aromatic amines is 1. The van der Waals surface area contributed by atoms with Crippen LogP contribution in [0.15, 0.2) is 42.5 Å². The number of benzene rings is 2. The third kappa shape index (κ3) is 3.74. The van der Waals surface area contributed by atoms with Crippen LogP contribution in [-0.2, 0) is 17.8 Å². The highest BCUT2D eigenvalue weighted by molar-refractivity contribution is 5.79. The van der Waals surface area contributed by atoms with Crippen LogP contribution in [0.5, 0.6) is 0 Å². The fourth-order valence-corrected chi connectivity index (χ4v) is 2.65. The second-order valence-electron chi connectivity index (χ2n) is 6.19. The van der Waals surface area contributed by atoms with Crippen molar-refractivity contribution in [2.45, 2.75) is 19.9 Å². The van der Waals surface area contributed by atoms with Crippen LogP contribution in [0.3, 0.4) is 0 Å². The van der Waals surface area contributed by atoms with Crippen molar-refractivity contribution in [1.29, 1.82) is 0 Å². The average Bonchev–Trinajstić information content (AvgIpc) is 2.92. The van der Waals surface area contributed by atoms with Crippen LogP contribution in [0.4, 0.5) is 5.69 Å². The minimum atomic E-state index is 0.0218. The molecule has 0 aliphatic heterocycles. The van der Waals surface area contributed by atoms with Gasteiger partial charge in [-0.25, -0.2) is 4.98 Å². The van der Waals surface area contributed by atoms with Gasteiger partial charge in [0.25, 0.3) is 0 Å². The van der Waals surface area contributed by atoms with E-state index >= 15 is 0 Å².